The molecular formula is C14H22N2O2. The SMILES string of the molecule is CCCOc1cccc(CNCC(=O)NCC)c1. The van der Waals surface area contributed by atoms with Crippen LogP contribution in [0.15, 0.2) is 24.3 Å². The van der Waals surface area contributed by atoms with Gasteiger partial charge in [0.2, 0.25) is 5.91 Å². The molecule has 18 heavy (non-hydrogen) atoms. The molecule has 0 aliphatic rings. The summed E-state index contributed by atoms with van der Waals surface area (Å²) < 4.78 is 5.55. The standard InChI is InChI=1S/C14H22N2O2/c1-3-8-18-13-7-5-6-12(9-13)10-15-11-14(17)16-4-2/h5-7,9,15H,3-4,8,10-11H2,1-2H3,(H,16,17). The van der Waals surface area contributed by atoms with Crippen molar-refractivity contribution in [3.63, 3.8) is 0 Å². The van der Waals surface area contributed by atoms with E-state index in [2.05, 4.69) is 17.6 Å². The van der Waals surface area contributed by atoms with Gasteiger partial charge in [0.05, 0.1) is 13.2 Å². The highest BCUT2D eigenvalue weighted by molar-refractivity contribution is 5.77. The maximum absolute atomic E-state index is 11.2. The van der Waals surface area contributed by atoms with E-state index in [1.54, 1.807) is 0 Å². The van der Waals surface area contributed by atoms with Gasteiger partial charge in [-0.15, -0.1) is 0 Å². The van der Waals surface area contributed by atoms with Crippen LogP contribution in [0.4, 0.5) is 0 Å². The van der Waals surface area contributed by atoms with Crippen LogP contribution < -0.4 is 15.4 Å². The zero-order valence-electron chi connectivity index (χ0n) is 11.2. The minimum atomic E-state index is 0.0240. The maximum atomic E-state index is 11.2. The molecule has 1 rings (SSSR count). The van der Waals surface area contributed by atoms with Crippen molar-refractivity contribution in [2.45, 2.75) is 26.8 Å². The minimum Gasteiger partial charge on any atom is -0.494 e. The van der Waals surface area contributed by atoms with Gasteiger partial charge in [0.1, 0.15) is 5.75 Å². The molecule has 4 heteroatoms. The van der Waals surface area contributed by atoms with Gasteiger partial charge in [-0.25, -0.2) is 0 Å². The lowest BCUT2D eigenvalue weighted by molar-refractivity contribution is -0.120. The second-order valence-electron chi connectivity index (χ2n) is 4.05. The lowest BCUT2D eigenvalue weighted by Gasteiger charge is -2.08. The normalized spacial score (nSPS) is 10.1. The Morgan fingerprint density at radius 3 is 2.89 bits per heavy atom. The molecule has 0 saturated heterocycles. The van der Waals surface area contributed by atoms with Crippen LogP contribution in [0.3, 0.4) is 0 Å². The van der Waals surface area contributed by atoms with Crippen molar-refractivity contribution in [1.29, 1.82) is 0 Å². The number of rotatable bonds is 8. The van der Waals surface area contributed by atoms with E-state index in [0.29, 0.717) is 19.6 Å². The van der Waals surface area contributed by atoms with Crippen LogP contribution in [0.25, 0.3) is 0 Å². The molecule has 0 unspecified atom stereocenters. The van der Waals surface area contributed by atoms with Gasteiger partial charge in [0.15, 0.2) is 0 Å². The van der Waals surface area contributed by atoms with E-state index in [1.807, 2.05) is 31.2 Å². The molecule has 0 aliphatic carbocycles. The lowest BCUT2D eigenvalue weighted by Crippen LogP contribution is -2.33. The first-order chi connectivity index (χ1) is 8.76. The van der Waals surface area contributed by atoms with Gasteiger partial charge in [-0.2, -0.15) is 0 Å². The van der Waals surface area contributed by atoms with E-state index in [4.69, 9.17) is 4.74 Å². The first-order valence-electron chi connectivity index (χ1n) is 6.45. The van der Waals surface area contributed by atoms with Crippen LogP contribution in [0.2, 0.25) is 0 Å². The van der Waals surface area contributed by atoms with Gasteiger partial charge in [0, 0.05) is 13.1 Å². The molecule has 0 saturated carbocycles. The third-order valence-corrected chi connectivity index (χ3v) is 2.36. The molecule has 0 heterocycles. The highest BCUT2D eigenvalue weighted by Crippen LogP contribution is 2.13. The van der Waals surface area contributed by atoms with Crippen molar-refractivity contribution < 1.29 is 9.53 Å². The van der Waals surface area contributed by atoms with E-state index in [9.17, 15) is 4.79 Å². The van der Waals surface area contributed by atoms with E-state index in [1.165, 1.54) is 0 Å². The van der Waals surface area contributed by atoms with Crippen LogP contribution in [-0.2, 0) is 11.3 Å². The fourth-order valence-electron chi connectivity index (χ4n) is 1.55. The fourth-order valence-corrected chi connectivity index (χ4v) is 1.55. The Kier molecular flexibility index (Phi) is 6.87. The lowest BCUT2D eigenvalue weighted by atomic mass is 10.2. The zero-order chi connectivity index (χ0) is 13.2. The Hall–Kier alpha value is -1.55. The van der Waals surface area contributed by atoms with Gasteiger partial charge >= 0.3 is 0 Å². The van der Waals surface area contributed by atoms with Crippen molar-refractivity contribution in [3.05, 3.63) is 29.8 Å². The Morgan fingerprint density at radius 2 is 2.17 bits per heavy atom. The summed E-state index contributed by atoms with van der Waals surface area (Å²) in [4.78, 5) is 11.2. The molecule has 0 fully saturated rings. The molecule has 0 radical (unpaired) electrons. The van der Waals surface area contributed by atoms with Crippen LogP contribution >= 0.6 is 0 Å². The second-order valence-corrected chi connectivity index (χ2v) is 4.05. The molecule has 1 aromatic carbocycles. The number of carbonyl (C=O) groups is 1. The Labute approximate surface area is 109 Å². The number of hydrogen-bond donors (Lipinski definition) is 2. The third-order valence-electron chi connectivity index (χ3n) is 2.36. The number of hydrogen-bond acceptors (Lipinski definition) is 3. The van der Waals surface area contributed by atoms with Crippen molar-refractivity contribution in [2.75, 3.05) is 19.7 Å². The Bertz CT molecular complexity index is 367. The number of nitrogens with one attached hydrogen (secondary N) is 2. The van der Waals surface area contributed by atoms with Gasteiger partial charge < -0.3 is 15.4 Å². The summed E-state index contributed by atoms with van der Waals surface area (Å²) in [5.74, 6) is 0.907. The van der Waals surface area contributed by atoms with Crippen molar-refractivity contribution in [3.8, 4) is 5.75 Å². The maximum Gasteiger partial charge on any atom is 0.233 e. The molecule has 1 aromatic rings. The Morgan fingerprint density at radius 1 is 1.33 bits per heavy atom. The van der Waals surface area contributed by atoms with Crippen LogP contribution in [0.5, 0.6) is 5.75 Å². The average molecular weight is 250 g/mol. The molecule has 0 atom stereocenters. The summed E-state index contributed by atoms with van der Waals surface area (Å²) in [6, 6.07) is 7.93. The topological polar surface area (TPSA) is 50.4 Å². The van der Waals surface area contributed by atoms with Crippen molar-refractivity contribution >= 4 is 5.91 Å². The number of ether oxygens (including phenoxy) is 1. The van der Waals surface area contributed by atoms with E-state index in [0.717, 1.165) is 24.3 Å². The summed E-state index contributed by atoms with van der Waals surface area (Å²) >= 11 is 0. The van der Waals surface area contributed by atoms with Gasteiger partial charge in [-0.1, -0.05) is 19.1 Å². The zero-order valence-corrected chi connectivity index (χ0v) is 11.2. The molecule has 4 nitrogen and oxygen atoms in total. The van der Waals surface area contributed by atoms with Gasteiger partial charge in [-0.05, 0) is 31.0 Å². The molecule has 1 amide bonds. The predicted molar refractivity (Wildman–Crippen MR) is 72.6 cm³/mol. The largest absolute Gasteiger partial charge is 0.494 e. The van der Waals surface area contributed by atoms with Gasteiger partial charge in [-0.3, -0.25) is 4.79 Å². The van der Waals surface area contributed by atoms with E-state index < -0.39 is 0 Å². The van der Waals surface area contributed by atoms with E-state index >= 15 is 0 Å². The first kappa shape index (κ1) is 14.5. The van der Waals surface area contributed by atoms with E-state index in [-0.39, 0.29) is 5.91 Å². The highest BCUT2D eigenvalue weighted by atomic mass is 16.5. The second kappa shape index (κ2) is 8.53. The molecule has 0 bridgehead atoms. The predicted octanol–water partition coefficient (Wildman–Crippen LogP) is 1.70. The van der Waals surface area contributed by atoms with Gasteiger partial charge in [0.25, 0.3) is 0 Å². The molecular weight excluding hydrogens is 228 g/mol. The highest BCUT2D eigenvalue weighted by Gasteiger charge is 2.00. The molecule has 0 aromatic heterocycles. The minimum absolute atomic E-state index is 0.0240. The first-order valence-corrected chi connectivity index (χ1v) is 6.45. The number of likely N-dealkylation sites (N-methyl/N-ethyl adjacent to an activating group) is 1. The summed E-state index contributed by atoms with van der Waals surface area (Å²) in [7, 11) is 0. The summed E-state index contributed by atoms with van der Waals surface area (Å²) in [5.41, 5.74) is 1.12. The third kappa shape index (κ3) is 5.68. The molecule has 0 spiro atoms. The number of benzene rings is 1. The smallest absolute Gasteiger partial charge is 0.233 e. The summed E-state index contributed by atoms with van der Waals surface area (Å²) in [6.07, 6.45) is 1.000. The number of amides is 1. The monoisotopic (exact) mass is 250 g/mol. The quantitative estimate of drug-likeness (QED) is 0.738. The van der Waals surface area contributed by atoms with Crippen LogP contribution in [0, 0.1) is 0 Å². The molecule has 100 valence electrons. The Balaban J connectivity index is 2.35. The average Bonchev–Trinajstić information content (AvgIpc) is 2.37. The summed E-state index contributed by atoms with van der Waals surface area (Å²) in [6.45, 7) is 6.40. The van der Waals surface area contributed by atoms with Crippen LogP contribution in [-0.4, -0.2) is 25.6 Å². The fraction of sp³-hybridized carbons (Fsp3) is 0.500. The van der Waals surface area contributed by atoms with Crippen molar-refractivity contribution in [1.82, 2.24) is 10.6 Å². The molecule has 2 N–H and O–H groups in total. The van der Waals surface area contributed by atoms with Crippen LogP contribution in [0.1, 0.15) is 25.8 Å². The van der Waals surface area contributed by atoms with Crippen molar-refractivity contribution in [2.24, 2.45) is 0 Å². The molecule has 0 aliphatic heterocycles. The number of carbonyl (C=O) groups excluding carboxylic acids is 1. The summed E-state index contributed by atoms with van der Waals surface area (Å²) in [5, 5.41) is 5.85.